The summed E-state index contributed by atoms with van der Waals surface area (Å²) in [5, 5.41) is 11.7. The second-order valence-corrected chi connectivity index (χ2v) is 7.41. The molecule has 0 atom stereocenters. The van der Waals surface area contributed by atoms with E-state index < -0.39 is 0 Å². The second-order valence-electron chi connectivity index (χ2n) is 6.97. The van der Waals surface area contributed by atoms with Gasteiger partial charge in [-0.3, -0.25) is 14.3 Å². The van der Waals surface area contributed by atoms with Crippen molar-refractivity contribution in [2.75, 3.05) is 0 Å². The highest BCUT2D eigenvalue weighted by Gasteiger charge is 2.12. The molecule has 0 spiro atoms. The van der Waals surface area contributed by atoms with Crippen molar-refractivity contribution in [2.24, 2.45) is 0 Å². The average Bonchev–Trinajstić information content (AvgIpc) is 2.79. The van der Waals surface area contributed by atoms with E-state index in [0.29, 0.717) is 16.3 Å². The highest BCUT2D eigenvalue weighted by Crippen LogP contribution is 2.30. The standard InChI is InChI=1S/C25H14ClN3O/c26-20-8-4-17(5-9-20)18-6-10-23-22(13-18)25-19(15-28-23)7-11-24(30)29(25)21-3-1-2-16(12-21)14-27/h1-13,15H. The van der Waals surface area contributed by atoms with Crippen molar-refractivity contribution in [3.63, 3.8) is 0 Å². The van der Waals surface area contributed by atoms with E-state index in [0.717, 1.165) is 32.9 Å². The van der Waals surface area contributed by atoms with E-state index >= 15 is 0 Å². The van der Waals surface area contributed by atoms with Crippen LogP contribution in [0.3, 0.4) is 0 Å². The van der Waals surface area contributed by atoms with E-state index in [2.05, 4.69) is 11.1 Å². The maximum Gasteiger partial charge on any atom is 0.255 e. The summed E-state index contributed by atoms with van der Waals surface area (Å²) < 4.78 is 1.64. The minimum absolute atomic E-state index is 0.165. The maximum absolute atomic E-state index is 12.9. The maximum atomic E-state index is 12.9. The zero-order valence-electron chi connectivity index (χ0n) is 15.7. The fraction of sp³-hybridized carbons (Fsp3) is 0. The summed E-state index contributed by atoms with van der Waals surface area (Å²) >= 11 is 6.03. The average molecular weight is 408 g/mol. The summed E-state index contributed by atoms with van der Waals surface area (Å²) in [6.07, 6.45) is 1.77. The summed E-state index contributed by atoms with van der Waals surface area (Å²) in [4.78, 5) is 17.5. The lowest BCUT2D eigenvalue weighted by Crippen LogP contribution is -2.17. The third-order valence-corrected chi connectivity index (χ3v) is 5.38. The fourth-order valence-corrected chi connectivity index (χ4v) is 3.83. The van der Waals surface area contributed by atoms with Crippen molar-refractivity contribution >= 4 is 33.4 Å². The Morgan fingerprint density at radius 3 is 2.50 bits per heavy atom. The molecule has 4 nitrogen and oxygen atoms in total. The highest BCUT2D eigenvalue weighted by molar-refractivity contribution is 6.30. The number of rotatable bonds is 2. The Hall–Kier alpha value is -3.94. The van der Waals surface area contributed by atoms with Gasteiger partial charge in [0, 0.05) is 28.1 Å². The first kappa shape index (κ1) is 18.1. The summed E-state index contributed by atoms with van der Waals surface area (Å²) in [5.41, 5.74) is 4.55. The van der Waals surface area contributed by atoms with Crippen molar-refractivity contribution in [3.05, 3.63) is 106 Å². The van der Waals surface area contributed by atoms with Gasteiger partial charge >= 0.3 is 0 Å². The lowest BCUT2D eigenvalue weighted by atomic mass is 10.0. The van der Waals surface area contributed by atoms with Crippen LogP contribution in [0.2, 0.25) is 5.02 Å². The van der Waals surface area contributed by atoms with Crippen LogP contribution in [0.1, 0.15) is 5.56 Å². The molecule has 0 amide bonds. The van der Waals surface area contributed by atoms with E-state index in [1.54, 1.807) is 35.0 Å². The van der Waals surface area contributed by atoms with Crippen LogP contribution in [0.25, 0.3) is 38.6 Å². The van der Waals surface area contributed by atoms with Crippen molar-refractivity contribution in [1.29, 1.82) is 5.26 Å². The van der Waals surface area contributed by atoms with Gasteiger partial charge in [-0.15, -0.1) is 0 Å². The molecule has 2 heterocycles. The molecule has 0 aliphatic carbocycles. The Labute approximate surface area is 177 Å². The summed E-state index contributed by atoms with van der Waals surface area (Å²) in [7, 11) is 0. The molecule has 5 aromatic rings. The molecule has 0 saturated carbocycles. The molecule has 142 valence electrons. The van der Waals surface area contributed by atoms with Crippen LogP contribution in [0, 0.1) is 11.3 Å². The first-order chi connectivity index (χ1) is 14.6. The van der Waals surface area contributed by atoms with E-state index in [1.165, 1.54) is 6.07 Å². The molecular weight excluding hydrogens is 394 g/mol. The topological polar surface area (TPSA) is 58.7 Å². The van der Waals surface area contributed by atoms with Gasteiger partial charge < -0.3 is 0 Å². The van der Waals surface area contributed by atoms with Gasteiger partial charge in [0.1, 0.15) is 0 Å². The SMILES string of the molecule is N#Cc1cccc(-n2c(=O)ccc3cnc4ccc(-c5ccc(Cl)cc5)cc4c32)c1. The minimum Gasteiger partial charge on any atom is -0.276 e. The third kappa shape index (κ3) is 3.02. The zero-order chi connectivity index (χ0) is 20.7. The van der Waals surface area contributed by atoms with Gasteiger partial charge in [0.05, 0.1) is 28.4 Å². The Kier molecular flexibility index (Phi) is 4.31. The lowest BCUT2D eigenvalue weighted by Gasteiger charge is -2.13. The molecule has 0 fully saturated rings. The van der Waals surface area contributed by atoms with Crippen LogP contribution >= 0.6 is 11.6 Å². The number of aromatic nitrogens is 2. The Balaban J connectivity index is 1.87. The van der Waals surface area contributed by atoms with Crippen molar-refractivity contribution in [2.45, 2.75) is 0 Å². The normalized spacial score (nSPS) is 10.9. The number of pyridine rings is 2. The fourth-order valence-electron chi connectivity index (χ4n) is 3.70. The molecule has 0 unspecified atom stereocenters. The first-order valence-electron chi connectivity index (χ1n) is 9.35. The molecular formula is C25H14ClN3O. The number of fused-ring (bicyclic) bond motifs is 3. The van der Waals surface area contributed by atoms with Crippen LogP contribution in [0.4, 0.5) is 0 Å². The third-order valence-electron chi connectivity index (χ3n) is 5.13. The monoisotopic (exact) mass is 407 g/mol. The quantitative estimate of drug-likeness (QED) is 0.351. The molecule has 5 rings (SSSR count). The second kappa shape index (κ2) is 7.14. The molecule has 5 heteroatoms. The van der Waals surface area contributed by atoms with Gasteiger partial charge in [-0.1, -0.05) is 35.9 Å². The van der Waals surface area contributed by atoms with E-state index in [9.17, 15) is 10.1 Å². The van der Waals surface area contributed by atoms with Crippen LogP contribution in [-0.2, 0) is 0 Å². The number of nitrogens with zero attached hydrogens (tertiary/aromatic N) is 3. The number of halogens is 1. The number of benzene rings is 3. The van der Waals surface area contributed by atoms with Crippen molar-refractivity contribution < 1.29 is 0 Å². The van der Waals surface area contributed by atoms with Gasteiger partial charge in [-0.05, 0) is 59.7 Å². The minimum atomic E-state index is -0.165. The number of nitriles is 1. The molecule has 0 radical (unpaired) electrons. The molecule has 0 aliphatic rings. The predicted octanol–water partition coefficient (Wildman–Crippen LogP) is 5.73. The predicted molar refractivity (Wildman–Crippen MR) is 120 cm³/mol. The highest BCUT2D eigenvalue weighted by atomic mass is 35.5. The first-order valence-corrected chi connectivity index (χ1v) is 9.73. The lowest BCUT2D eigenvalue weighted by molar-refractivity contribution is 1.05. The Bertz CT molecular complexity index is 1530. The van der Waals surface area contributed by atoms with E-state index in [1.807, 2.05) is 48.5 Å². The molecule has 2 aromatic heterocycles. The van der Waals surface area contributed by atoms with E-state index in [-0.39, 0.29) is 5.56 Å². The van der Waals surface area contributed by atoms with Crippen LogP contribution < -0.4 is 5.56 Å². The van der Waals surface area contributed by atoms with Crippen LogP contribution in [0.15, 0.2) is 89.9 Å². The molecule has 3 aromatic carbocycles. The van der Waals surface area contributed by atoms with Gasteiger partial charge in [0.15, 0.2) is 0 Å². The number of hydrogen-bond donors (Lipinski definition) is 0. The molecule has 0 N–H and O–H groups in total. The van der Waals surface area contributed by atoms with Crippen LogP contribution in [0.5, 0.6) is 0 Å². The van der Waals surface area contributed by atoms with Crippen molar-refractivity contribution in [1.82, 2.24) is 9.55 Å². The van der Waals surface area contributed by atoms with Gasteiger partial charge in [0.25, 0.3) is 5.56 Å². The smallest absolute Gasteiger partial charge is 0.255 e. The number of hydrogen-bond acceptors (Lipinski definition) is 3. The van der Waals surface area contributed by atoms with Gasteiger partial charge in [-0.25, -0.2) is 0 Å². The Morgan fingerprint density at radius 1 is 0.900 bits per heavy atom. The zero-order valence-corrected chi connectivity index (χ0v) is 16.5. The molecule has 0 bridgehead atoms. The molecule has 0 saturated heterocycles. The summed E-state index contributed by atoms with van der Waals surface area (Å²) in [5.74, 6) is 0. The van der Waals surface area contributed by atoms with Gasteiger partial charge in [0.2, 0.25) is 0 Å². The van der Waals surface area contributed by atoms with Gasteiger partial charge in [-0.2, -0.15) is 5.26 Å². The van der Waals surface area contributed by atoms with E-state index in [4.69, 9.17) is 11.6 Å². The largest absolute Gasteiger partial charge is 0.276 e. The molecule has 30 heavy (non-hydrogen) atoms. The summed E-state index contributed by atoms with van der Waals surface area (Å²) in [6, 6.07) is 26.1. The molecule has 0 aliphatic heterocycles. The summed E-state index contributed by atoms with van der Waals surface area (Å²) in [6.45, 7) is 0. The Morgan fingerprint density at radius 2 is 1.70 bits per heavy atom. The van der Waals surface area contributed by atoms with Crippen LogP contribution in [-0.4, -0.2) is 9.55 Å². The van der Waals surface area contributed by atoms with Crippen molar-refractivity contribution in [3.8, 4) is 22.9 Å².